The lowest BCUT2D eigenvalue weighted by Gasteiger charge is -2.13. The predicted molar refractivity (Wildman–Crippen MR) is 96.0 cm³/mol. The average Bonchev–Trinajstić information content (AvgIpc) is 3.01. The highest BCUT2D eigenvalue weighted by Crippen LogP contribution is 2.23. The minimum absolute atomic E-state index is 0.232. The molecule has 0 radical (unpaired) electrons. The second-order valence-corrected chi connectivity index (χ2v) is 5.73. The molecule has 5 heteroatoms. The summed E-state index contributed by atoms with van der Waals surface area (Å²) in [5.41, 5.74) is 3.41. The summed E-state index contributed by atoms with van der Waals surface area (Å²) < 4.78 is 10.3. The van der Waals surface area contributed by atoms with Gasteiger partial charge in [0, 0.05) is 12.8 Å². The molecule has 2 aromatic rings. The van der Waals surface area contributed by atoms with Crippen LogP contribution >= 0.6 is 0 Å². The molecule has 1 aliphatic rings. The highest BCUT2D eigenvalue weighted by Gasteiger charge is 2.32. The molecule has 1 atom stereocenters. The Morgan fingerprint density at radius 1 is 1.24 bits per heavy atom. The first-order valence-corrected chi connectivity index (χ1v) is 7.95. The van der Waals surface area contributed by atoms with Crippen molar-refractivity contribution in [2.24, 2.45) is 0 Å². The zero-order chi connectivity index (χ0) is 17.6. The number of carbonyl (C=O) groups excluding carboxylic acids is 1. The molecule has 0 N–H and O–H groups in total. The maximum absolute atomic E-state index is 11.9. The van der Waals surface area contributed by atoms with Gasteiger partial charge in [0.2, 0.25) is 0 Å². The molecule has 5 nitrogen and oxygen atoms in total. The molecule has 0 saturated carbocycles. The first kappa shape index (κ1) is 16.7. The molecule has 126 valence electrons. The van der Waals surface area contributed by atoms with Crippen LogP contribution in [-0.2, 0) is 9.47 Å². The van der Waals surface area contributed by atoms with Crippen LogP contribution in [-0.4, -0.2) is 32.5 Å². The Hall–Kier alpha value is -3.10. The van der Waals surface area contributed by atoms with Crippen molar-refractivity contribution in [3.05, 3.63) is 65.2 Å². The third-order valence-corrected chi connectivity index (χ3v) is 3.92. The number of amides is 1. The zero-order valence-electron chi connectivity index (χ0n) is 13.9. The van der Waals surface area contributed by atoms with Crippen molar-refractivity contribution in [1.29, 1.82) is 5.26 Å². The fourth-order valence-corrected chi connectivity index (χ4v) is 2.67. The molecule has 1 heterocycles. The Labute approximate surface area is 146 Å². The third-order valence-electron chi connectivity index (χ3n) is 3.92. The minimum Gasteiger partial charge on any atom is -0.441 e. The number of hydrogen-bond donors (Lipinski definition) is 0. The highest BCUT2D eigenvalue weighted by atomic mass is 16.6. The summed E-state index contributed by atoms with van der Waals surface area (Å²) in [5.74, 6) is 0. The second kappa shape index (κ2) is 7.65. The van der Waals surface area contributed by atoms with E-state index in [9.17, 15) is 4.79 Å². The van der Waals surface area contributed by atoms with E-state index in [4.69, 9.17) is 14.7 Å². The lowest BCUT2D eigenvalue weighted by atomic mass is 10.1. The van der Waals surface area contributed by atoms with Crippen LogP contribution in [0.1, 0.15) is 16.7 Å². The number of cyclic esters (lactones) is 1. The average molecular weight is 334 g/mol. The fraction of sp³-hybridized carbons (Fsp3) is 0.200. The molecule has 0 spiro atoms. The molecule has 1 aliphatic heterocycles. The molecule has 2 aromatic carbocycles. The number of anilines is 1. The number of nitrogens with zero attached hydrogens (tertiary/aromatic N) is 2. The molecule has 0 bridgehead atoms. The van der Waals surface area contributed by atoms with Gasteiger partial charge in [-0.3, -0.25) is 4.90 Å². The maximum Gasteiger partial charge on any atom is 0.414 e. The normalized spacial score (nSPS) is 16.9. The number of carbonyl (C=O) groups is 1. The quantitative estimate of drug-likeness (QED) is 0.782. The van der Waals surface area contributed by atoms with E-state index in [1.807, 2.05) is 54.6 Å². The molecule has 1 fully saturated rings. The summed E-state index contributed by atoms with van der Waals surface area (Å²) in [7, 11) is 1.59. The van der Waals surface area contributed by atoms with E-state index in [1.54, 1.807) is 18.1 Å². The van der Waals surface area contributed by atoms with E-state index in [2.05, 4.69) is 6.07 Å². The van der Waals surface area contributed by atoms with E-state index in [0.29, 0.717) is 18.7 Å². The van der Waals surface area contributed by atoms with Crippen molar-refractivity contribution in [2.45, 2.75) is 6.10 Å². The largest absolute Gasteiger partial charge is 0.441 e. The smallest absolute Gasteiger partial charge is 0.414 e. The summed E-state index contributed by atoms with van der Waals surface area (Å²) in [4.78, 5) is 13.5. The van der Waals surface area contributed by atoms with Gasteiger partial charge in [-0.05, 0) is 35.4 Å². The van der Waals surface area contributed by atoms with E-state index in [-0.39, 0.29) is 12.2 Å². The van der Waals surface area contributed by atoms with Gasteiger partial charge >= 0.3 is 6.09 Å². The van der Waals surface area contributed by atoms with Gasteiger partial charge in [-0.15, -0.1) is 0 Å². The Kier molecular flexibility index (Phi) is 5.12. The lowest BCUT2D eigenvalue weighted by Crippen LogP contribution is -2.25. The molecule has 0 aliphatic carbocycles. The fourth-order valence-electron chi connectivity index (χ4n) is 2.67. The number of benzene rings is 2. The van der Waals surface area contributed by atoms with Crippen molar-refractivity contribution in [2.75, 3.05) is 25.2 Å². The molecule has 3 rings (SSSR count). The van der Waals surface area contributed by atoms with Crippen LogP contribution in [0, 0.1) is 11.3 Å². The van der Waals surface area contributed by atoms with Gasteiger partial charge in [-0.25, -0.2) is 4.79 Å². The number of hydrogen-bond acceptors (Lipinski definition) is 4. The number of methoxy groups -OCH3 is 1. The SMILES string of the molecule is COCC1CN(c2ccc(/C=C/c3cccc(C#N)c3)cc2)C(=O)O1. The molecular formula is C20H18N2O3. The summed E-state index contributed by atoms with van der Waals surface area (Å²) in [5, 5.41) is 8.93. The zero-order valence-corrected chi connectivity index (χ0v) is 13.9. The predicted octanol–water partition coefficient (Wildman–Crippen LogP) is 3.70. The topological polar surface area (TPSA) is 62.6 Å². The van der Waals surface area contributed by atoms with Crippen LogP contribution in [0.5, 0.6) is 0 Å². The van der Waals surface area contributed by atoms with Gasteiger partial charge in [-0.1, -0.05) is 36.4 Å². The molecule has 1 amide bonds. The van der Waals surface area contributed by atoms with E-state index < -0.39 is 0 Å². The van der Waals surface area contributed by atoms with E-state index >= 15 is 0 Å². The van der Waals surface area contributed by atoms with Crippen LogP contribution in [0.25, 0.3) is 12.2 Å². The monoisotopic (exact) mass is 334 g/mol. The Balaban J connectivity index is 1.69. The van der Waals surface area contributed by atoms with Crippen LogP contribution in [0.15, 0.2) is 48.5 Å². The lowest BCUT2D eigenvalue weighted by molar-refractivity contribution is 0.0718. The summed E-state index contributed by atoms with van der Waals surface area (Å²) in [6.07, 6.45) is 3.34. The van der Waals surface area contributed by atoms with Gasteiger partial charge in [0.15, 0.2) is 0 Å². The first-order chi connectivity index (χ1) is 12.2. The summed E-state index contributed by atoms with van der Waals surface area (Å²) in [6.45, 7) is 0.883. The van der Waals surface area contributed by atoms with Crippen LogP contribution in [0.2, 0.25) is 0 Å². The van der Waals surface area contributed by atoms with Gasteiger partial charge in [0.1, 0.15) is 6.10 Å². The Morgan fingerprint density at radius 3 is 2.72 bits per heavy atom. The second-order valence-electron chi connectivity index (χ2n) is 5.73. The minimum atomic E-state index is -0.348. The first-order valence-electron chi connectivity index (χ1n) is 7.95. The van der Waals surface area contributed by atoms with E-state index in [0.717, 1.165) is 16.8 Å². The van der Waals surface area contributed by atoms with Crippen molar-refractivity contribution >= 4 is 23.9 Å². The van der Waals surface area contributed by atoms with Crippen molar-refractivity contribution in [3.8, 4) is 6.07 Å². The van der Waals surface area contributed by atoms with Crippen molar-refractivity contribution in [1.82, 2.24) is 0 Å². The third kappa shape index (κ3) is 4.06. The highest BCUT2D eigenvalue weighted by molar-refractivity contribution is 5.90. The van der Waals surface area contributed by atoms with Crippen LogP contribution in [0.4, 0.5) is 10.5 Å². The molecule has 25 heavy (non-hydrogen) atoms. The van der Waals surface area contributed by atoms with Gasteiger partial charge in [-0.2, -0.15) is 5.26 Å². The molecule has 1 unspecified atom stereocenters. The molecule has 0 aromatic heterocycles. The summed E-state index contributed by atoms with van der Waals surface area (Å²) >= 11 is 0. The molecular weight excluding hydrogens is 316 g/mol. The van der Waals surface area contributed by atoms with Crippen molar-refractivity contribution < 1.29 is 14.3 Å². The van der Waals surface area contributed by atoms with Gasteiger partial charge < -0.3 is 9.47 Å². The van der Waals surface area contributed by atoms with Crippen LogP contribution < -0.4 is 4.90 Å². The Bertz CT molecular complexity index is 822. The van der Waals surface area contributed by atoms with Gasteiger partial charge in [0.25, 0.3) is 0 Å². The van der Waals surface area contributed by atoms with Crippen molar-refractivity contribution in [3.63, 3.8) is 0 Å². The maximum atomic E-state index is 11.9. The van der Waals surface area contributed by atoms with Gasteiger partial charge in [0.05, 0.1) is 24.8 Å². The van der Waals surface area contributed by atoms with Crippen LogP contribution in [0.3, 0.4) is 0 Å². The molecule has 1 saturated heterocycles. The summed E-state index contributed by atoms with van der Waals surface area (Å²) in [6, 6.07) is 17.2. The Morgan fingerprint density at radius 2 is 2.00 bits per heavy atom. The standard InChI is InChI=1S/C20H18N2O3/c1-24-14-19-13-22(20(23)25-19)18-9-7-15(8-10-18)5-6-16-3-2-4-17(11-16)12-21/h2-11,19H,13-14H2,1H3/b6-5+. The van der Waals surface area contributed by atoms with E-state index in [1.165, 1.54) is 0 Å². The number of ether oxygens (including phenoxy) is 2. The number of rotatable bonds is 5. The number of nitriles is 1.